The molecule has 1 fully saturated rings. The summed E-state index contributed by atoms with van der Waals surface area (Å²) >= 11 is 3.40. The number of nitrogens with zero attached hydrogens (tertiary/aromatic N) is 2. The predicted molar refractivity (Wildman–Crippen MR) is 152 cm³/mol. The minimum Gasteiger partial charge on any atom is -0.489 e. The van der Waals surface area contributed by atoms with Gasteiger partial charge < -0.3 is 28.6 Å². The molecule has 0 N–H and O–H groups in total. The zero-order valence-corrected chi connectivity index (χ0v) is 26.6. The van der Waals surface area contributed by atoms with Gasteiger partial charge in [-0.15, -0.1) is 0 Å². The quantitative estimate of drug-likeness (QED) is 0.259. The summed E-state index contributed by atoms with van der Waals surface area (Å²) in [7, 11) is 1.17. The molecule has 40 heavy (non-hydrogen) atoms. The van der Waals surface area contributed by atoms with Crippen LogP contribution in [0.2, 0.25) is 0 Å². The van der Waals surface area contributed by atoms with Crippen molar-refractivity contribution in [2.75, 3.05) is 25.2 Å². The lowest BCUT2D eigenvalue weighted by Crippen LogP contribution is -2.44. The average molecular weight is 630 g/mol. The maximum Gasteiger partial charge on any atom is 0.424 e. The number of hydrogen-bond acceptors (Lipinski definition) is 9. The number of hydrogen-bond donors (Lipinski definition) is 0. The topological polar surface area (TPSA) is 121 Å². The number of halogens is 1. The Morgan fingerprint density at radius 3 is 1.90 bits per heavy atom. The van der Waals surface area contributed by atoms with Crippen LogP contribution >= 0.6 is 15.9 Å². The SMILES string of the molecule is COC(=O)c1c(N(C(=O)OC(C)(C)C)C(=O)OC(C)(C)C)ccc(Br)c1OC[C@@H]1CCCN1C(=O)OC(C)(C)C. The van der Waals surface area contributed by atoms with E-state index in [4.69, 9.17) is 23.7 Å². The fourth-order valence-electron chi connectivity index (χ4n) is 3.81. The van der Waals surface area contributed by atoms with Crippen LogP contribution in [0.5, 0.6) is 5.75 Å². The van der Waals surface area contributed by atoms with Gasteiger partial charge in [0.05, 0.1) is 23.3 Å². The van der Waals surface area contributed by atoms with Crippen LogP contribution in [0, 0.1) is 0 Å². The molecular weight excluding hydrogens is 588 g/mol. The normalized spacial score (nSPS) is 15.8. The smallest absolute Gasteiger partial charge is 0.424 e. The molecule has 11 nitrogen and oxygen atoms in total. The molecule has 1 aromatic carbocycles. The summed E-state index contributed by atoms with van der Waals surface area (Å²) in [6, 6.07) is 2.59. The van der Waals surface area contributed by atoms with Crippen molar-refractivity contribution in [1.82, 2.24) is 4.90 Å². The van der Waals surface area contributed by atoms with Crippen LogP contribution in [0.25, 0.3) is 0 Å². The standard InChI is InChI=1S/C28H41BrN2O9/c1-26(2,3)38-23(33)30-15-11-12-17(30)16-37-21-18(29)13-14-19(20(21)22(32)36-10)31(24(34)39-27(4,5)6)25(35)40-28(7,8)9/h13-14,17H,11-12,15-16H2,1-10H3/t17-/m0/s1. The second kappa shape index (κ2) is 12.7. The van der Waals surface area contributed by atoms with Gasteiger partial charge in [0.25, 0.3) is 0 Å². The monoisotopic (exact) mass is 628 g/mol. The Balaban J connectivity index is 2.54. The Bertz CT molecular complexity index is 1090. The lowest BCUT2D eigenvalue weighted by Gasteiger charge is -2.30. The number of rotatable bonds is 5. The van der Waals surface area contributed by atoms with Gasteiger partial charge in [-0.3, -0.25) is 0 Å². The lowest BCUT2D eigenvalue weighted by atomic mass is 10.1. The van der Waals surface area contributed by atoms with Crippen LogP contribution in [0.15, 0.2) is 16.6 Å². The molecular formula is C28H41BrN2O9. The van der Waals surface area contributed by atoms with Gasteiger partial charge >= 0.3 is 24.2 Å². The van der Waals surface area contributed by atoms with Crippen molar-refractivity contribution in [3.05, 3.63) is 22.2 Å². The fraction of sp³-hybridized carbons (Fsp3) is 0.643. The highest BCUT2D eigenvalue weighted by Crippen LogP contribution is 2.39. The largest absolute Gasteiger partial charge is 0.489 e. The third-order valence-electron chi connectivity index (χ3n) is 5.30. The maximum atomic E-state index is 13.3. The van der Waals surface area contributed by atoms with Gasteiger partial charge in [0.15, 0.2) is 0 Å². The molecule has 0 aliphatic carbocycles. The minimum atomic E-state index is -1.05. The van der Waals surface area contributed by atoms with Crippen molar-refractivity contribution in [3.63, 3.8) is 0 Å². The molecule has 3 amide bonds. The summed E-state index contributed by atoms with van der Waals surface area (Å²) in [6.45, 7) is 15.8. The second-order valence-corrected chi connectivity index (χ2v) is 13.2. The van der Waals surface area contributed by atoms with Gasteiger partial charge in [-0.1, -0.05) is 0 Å². The zero-order chi connectivity index (χ0) is 30.6. The van der Waals surface area contributed by atoms with Crippen LogP contribution in [0.1, 0.15) is 85.5 Å². The van der Waals surface area contributed by atoms with Gasteiger partial charge in [0, 0.05) is 6.54 Å². The van der Waals surface area contributed by atoms with Gasteiger partial charge in [0.1, 0.15) is 34.7 Å². The first-order valence-corrected chi connectivity index (χ1v) is 13.8. The molecule has 1 aliphatic heterocycles. The van der Waals surface area contributed by atoms with E-state index in [9.17, 15) is 19.2 Å². The van der Waals surface area contributed by atoms with E-state index in [1.54, 1.807) is 67.2 Å². The van der Waals surface area contributed by atoms with Gasteiger partial charge in [0.2, 0.25) is 0 Å². The van der Waals surface area contributed by atoms with E-state index in [1.165, 1.54) is 19.2 Å². The third-order valence-corrected chi connectivity index (χ3v) is 5.92. The van der Waals surface area contributed by atoms with E-state index in [0.717, 1.165) is 6.42 Å². The average Bonchev–Trinajstić information content (AvgIpc) is 3.24. The summed E-state index contributed by atoms with van der Waals surface area (Å²) in [5, 5.41) is 0. The Morgan fingerprint density at radius 1 is 0.900 bits per heavy atom. The van der Waals surface area contributed by atoms with Crippen LogP contribution in [-0.4, -0.2) is 72.3 Å². The molecule has 0 radical (unpaired) electrons. The molecule has 0 bridgehead atoms. The fourth-order valence-corrected chi connectivity index (χ4v) is 4.25. The number of imide groups is 1. The number of carbonyl (C=O) groups is 4. The molecule has 1 aromatic rings. The Labute approximate surface area is 244 Å². The molecule has 0 unspecified atom stereocenters. The number of carbonyl (C=O) groups excluding carboxylic acids is 4. The summed E-state index contributed by atoms with van der Waals surface area (Å²) in [5.74, 6) is -0.837. The highest BCUT2D eigenvalue weighted by Gasteiger charge is 2.38. The Hall–Kier alpha value is -3.02. The minimum absolute atomic E-state index is 0.0180. The molecule has 1 atom stereocenters. The van der Waals surface area contributed by atoms with E-state index in [1.807, 2.05) is 0 Å². The summed E-state index contributed by atoms with van der Waals surface area (Å²) in [6.07, 6.45) is -1.14. The third kappa shape index (κ3) is 9.28. The summed E-state index contributed by atoms with van der Waals surface area (Å²) in [5.41, 5.74) is -2.91. The highest BCUT2D eigenvalue weighted by molar-refractivity contribution is 9.10. The molecule has 0 saturated carbocycles. The first-order valence-electron chi connectivity index (χ1n) is 13.0. The number of benzene rings is 1. The summed E-state index contributed by atoms with van der Waals surface area (Å²) in [4.78, 5) is 54.7. The highest BCUT2D eigenvalue weighted by atomic mass is 79.9. The lowest BCUT2D eigenvalue weighted by molar-refractivity contribution is 0.0184. The van der Waals surface area contributed by atoms with E-state index in [2.05, 4.69) is 15.9 Å². The van der Waals surface area contributed by atoms with Gasteiger partial charge in [-0.05, 0) is 103 Å². The number of esters is 1. The van der Waals surface area contributed by atoms with Crippen molar-refractivity contribution < 1.29 is 42.9 Å². The number of amides is 3. The number of anilines is 1. The number of likely N-dealkylation sites (tertiary alicyclic amines) is 1. The maximum absolute atomic E-state index is 13.3. The molecule has 2 rings (SSSR count). The zero-order valence-electron chi connectivity index (χ0n) is 25.0. The Kier molecular flexibility index (Phi) is 10.5. The van der Waals surface area contributed by atoms with E-state index in [0.29, 0.717) is 22.3 Å². The van der Waals surface area contributed by atoms with Crippen molar-refractivity contribution in [2.24, 2.45) is 0 Å². The van der Waals surface area contributed by atoms with E-state index in [-0.39, 0.29) is 29.6 Å². The summed E-state index contributed by atoms with van der Waals surface area (Å²) < 4.78 is 28.0. The van der Waals surface area contributed by atoms with E-state index >= 15 is 0 Å². The first kappa shape index (κ1) is 33.2. The number of ether oxygens (including phenoxy) is 5. The first-order chi connectivity index (χ1) is 18.2. The van der Waals surface area contributed by atoms with Gasteiger partial charge in [-0.2, -0.15) is 4.90 Å². The predicted octanol–water partition coefficient (Wildman–Crippen LogP) is 6.69. The van der Waals surface area contributed by atoms with E-state index < -0.39 is 41.1 Å². The molecule has 1 heterocycles. The Morgan fingerprint density at radius 2 is 1.43 bits per heavy atom. The van der Waals surface area contributed by atoms with Gasteiger partial charge in [-0.25, -0.2) is 19.2 Å². The van der Waals surface area contributed by atoms with Crippen LogP contribution < -0.4 is 9.64 Å². The van der Waals surface area contributed by atoms with Crippen molar-refractivity contribution in [3.8, 4) is 5.75 Å². The van der Waals surface area contributed by atoms with Crippen molar-refractivity contribution in [1.29, 1.82) is 0 Å². The molecule has 224 valence electrons. The second-order valence-electron chi connectivity index (χ2n) is 12.3. The molecule has 0 spiro atoms. The molecule has 0 aromatic heterocycles. The molecule has 1 aliphatic rings. The van der Waals surface area contributed by atoms with Crippen molar-refractivity contribution in [2.45, 2.75) is 98.0 Å². The number of methoxy groups -OCH3 is 1. The molecule has 12 heteroatoms. The van der Waals surface area contributed by atoms with Crippen LogP contribution in [0.4, 0.5) is 20.1 Å². The van der Waals surface area contributed by atoms with Crippen molar-refractivity contribution >= 4 is 45.9 Å². The van der Waals surface area contributed by atoms with Crippen LogP contribution in [-0.2, 0) is 18.9 Å². The molecule has 1 saturated heterocycles. The van der Waals surface area contributed by atoms with Crippen LogP contribution in [0.3, 0.4) is 0 Å².